The Kier molecular flexibility index (Phi) is 3.34. The Hall–Kier alpha value is -2.41. The van der Waals surface area contributed by atoms with Crippen molar-refractivity contribution >= 4 is 35.1 Å². The largest absolute Gasteiger partial charge is 0.326 e. The summed E-state index contributed by atoms with van der Waals surface area (Å²) < 4.78 is 1.44. The fourth-order valence-corrected chi connectivity index (χ4v) is 2.26. The molecule has 1 aromatic heterocycles. The van der Waals surface area contributed by atoms with Crippen LogP contribution < -0.4 is 10.6 Å². The molecule has 0 unspecified atom stereocenters. The molecule has 108 valence electrons. The standard InChI is InChI=1S/C13H12ClN5O2/c1-7-15-13-17-12(21)10(19(13)18-7)6-11(20)16-9-4-2-8(14)3-5-9/h2-5,10H,6H2,1H3,(H,16,20)(H,15,17,18,21)/t10-/m0/s1. The zero-order valence-electron chi connectivity index (χ0n) is 11.1. The maximum atomic E-state index is 12.0. The molecular formula is C13H12ClN5O2. The number of hydrogen-bond donors (Lipinski definition) is 2. The third-order valence-corrected chi connectivity index (χ3v) is 3.33. The van der Waals surface area contributed by atoms with Gasteiger partial charge in [-0.15, -0.1) is 0 Å². The number of fused-ring (bicyclic) bond motifs is 1. The van der Waals surface area contributed by atoms with Crippen LogP contribution in [0.1, 0.15) is 18.3 Å². The highest BCUT2D eigenvalue weighted by atomic mass is 35.5. The number of carbonyl (C=O) groups is 2. The minimum absolute atomic E-state index is 0.00966. The number of rotatable bonds is 3. The topological polar surface area (TPSA) is 88.9 Å². The average Bonchev–Trinajstić information content (AvgIpc) is 2.90. The van der Waals surface area contributed by atoms with Crippen LogP contribution in [0.2, 0.25) is 5.02 Å². The quantitative estimate of drug-likeness (QED) is 0.904. The molecule has 1 aliphatic heterocycles. The molecule has 0 fully saturated rings. The number of anilines is 2. The SMILES string of the molecule is Cc1nc2n(n1)[C@@H](CC(=O)Nc1ccc(Cl)cc1)C(=O)N2. The molecule has 1 aliphatic rings. The molecule has 0 saturated heterocycles. The first-order valence-corrected chi connectivity index (χ1v) is 6.70. The summed E-state index contributed by atoms with van der Waals surface area (Å²) in [5.41, 5.74) is 0.623. The van der Waals surface area contributed by atoms with E-state index >= 15 is 0 Å². The minimum Gasteiger partial charge on any atom is -0.326 e. The van der Waals surface area contributed by atoms with E-state index in [0.29, 0.717) is 22.5 Å². The summed E-state index contributed by atoms with van der Waals surface area (Å²) in [5, 5.41) is 10.0. The first kappa shape index (κ1) is 13.6. The van der Waals surface area contributed by atoms with E-state index in [2.05, 4.69) is 20.7 Å². The third-order valence-electron chi connectivity index (χ3n) is 3.08. The predicted molar refractivity (Wildman–Crippen MR) is 77.1 cm³/mol. The predicted octanol–water partition coefficient (Wildman–Crippen LogP) is 1.76. The summed E-state index contributed by atoms with van der Waals surface area (Å²) in [6.45, 7) is 1.72. The van der Waals surface area contributed by atoms with Gasteiger partial charge >= 0.3 is 0 Å². The van der Waals surface area contributed by atoms with Crippen LogP contribution in [0.4, 0.5) is 11.6 Å². The van der Waals surface area contributed by atoms with Crippen molar-refractivity contribution in [3.63, 3.8) is 0 Å². The Balaban J connectivity index is 1.70. The van der Waals surface area contributed by atoms with Gasteiger partial charge in [0.1, 0.15) is 11.9 Å². The van der Waals surface area contributed by atoms with Crippen molar-refractivity contribution in [2.45, 2.75) is 19.4 Å². The number of halogens is 1. The first-order chi connectivity index (χ1) is 10.0. The lowest BCUT2D eigenvalue weighted by Gasteiger charge is -2.09. The maximum absolute atomic E-state index is 12.0. The van der Waals surface area contributed by atoms with Gasteiger partial charge < -0.3 is 5.32 Å². The van der Waals surface area contributed by atoms with Crippen molar-refractivity contribution in [3.8, 4) is 0 Å². The Bertz CT molecular complexity index is 710. The molecule has 0 saturated carbocycles. The molecule has 21 heavy (non-hydrogen) atoms. The highest BCUT2D eigenvalue weighted by Gasteiger charge is 2.34. The summed E-state index contributed by atoms with van der Waals surface area (Å²) in [5.74, 6) is 0.365. The summed E-state index contributed by atoms with van der Waals surface area (Å²) in [6, 6.07) is 6.07. The molecule has 2 heterocycles. The van der Waals surface area contributed by atoms with Crippen molar-refractivity contribution in [2.75, 3.05) is 10.6 Å². The number of nitrogens with zero attached hydrogens (tertiary/aromatic N) is 3. The summed E-state index contributed by atoms with van der Waals surface area (Å²) in [6.07, 6.45) is -0.00966. The van der Waals surface area contributed by atoms with Gasteiger partial charge in [0, 0.05) is 10.7 Å². The molecule has 1 atom stereocenters. The molecule has 1 aromatic carbocycles. The minimum atomic E-state index is -0.673. The normalized spacial score (nSPS) is 16.5. The van der Waals surface area contributed by atoms with Crippen LogP contribution in [0, 0.1) is 6.92 Å². The van der Waals surface area contributed by atoms with E-state index in [1.54, 1.807) is 31.2 Å². The molecular weight excluding hydrogens is 294 g/mol. The van der Waals surface area contributed by atoms with Gasteiger partial charge in [-0.3, -0.25) is 14.9 Å². The van der Waals surface area contributed by atoms with E-state index in [1.165, 1.54) is 4.68 Å². The molecule has 3 rings (SSSR count). The van der Waals surface area contributed by atoms with Crippen LogP contribution in [0.3, 0.4) is 0 Å². The second kappa shape index (κ2) is 5.17. The Morgan fingerprint density at radius 1 is 1.43 bits per heavy atom. The Morgan fingerprint density at radius 2 is 2.14 bits per heavy atom. The van der Waals surface area contributed by atoms with E-state index in [4.69, 9.17) is 11.6 Å². The van der Waals surface area contributed by atoms with Crippen molar-refractivity contribution in [1.29, 1.82) is 0 Å². The molecule has 8 heteroatoms. The number of amides is 2. The Morgan fingerprint density at radius 3 is 2.86 bits per heavy atom. The van der Waals surface area contributed by atoms with Crippen molar-refractivity contribution < 1.29 is 9.59 Å². The van der Waals surface area contributed by atoms with Gasteiger partial charge in [-0.2, -0.15) is 10.1 Å². The highest BCUT2D eigenvalue weighted by molar-refractivity contribution is 6.30. The summed E-state index contributed by atoms with van der Waals surface area (Å²) in [4.78, 5) is 27.9. The molecule has 0 spiro atoms. The fourth-order valence-electron chi connectivity index (χ4n) is 2.14. The third kappa shape index (κ3) is 2.73. The molecule has 2 aromatic rings. The van der Waals surface area contributed by atoms with E-state index in [0.717, 1.165) is 0 Å². The first-order valence-electron chi connectivity index (χ1n) is 6.32. The summed E-state index contributed by atoms with van der Waals surface area (Å²) in [7, 11) is 0. The zero-order chi connectivity index (χ0) is 15.0. The lowest BCUT2D eigenvalue weighted by Crippen LogP contribution is -2.23. The number of benzene rings is 1. The Labute approximate surface area is 125 Å². The number of aryl methyl sites for hydroxylation is 1. The van der Waals surface area contributed by atoms with E-state index < -0.39 is 6.04 Å². The molecule has 0 aliphatic carbocycles. The van der Waals surface area contributed by atoms with E-state index in [-0.39, 0.29) is 18.2 Å². The monoisotopic (exact) mass is 305 g/mol. The summed E-state index contributed by atoms with van der Waals surface area (Å²) >= 11 is 5.78. The molecule has 0 bridgehead atoms. The number of nitrogens with one attached hydrogen (secondary N) is 2. The van der Waals surface area contributed by atoms with Crippen LogP contribution in [-0.2, 0) is 9.59 Å². The zero-order valence-corrected chi connectivity index (χ0v) is 11.9. The van der Waals surface area contributed by atoms with Crippen molar-refractivity contribution in [3.05, 3.63) is 35.1 Å². The highest BCUT2D eigenvalue weighted by Crippen LogP contribution is 2.25. The van der Waals surface area contributed by atoms with Crippen LogP contribution >= 0.6 is 11.6 Å². The van der Waals surface area contributed by atoms with Gasteiger partial charge in [-0.25, -0.2) is 4.68 Å². The molecule has 0 radical (unpaired) electrons. The van der Waals surface area contributed by atoms with Crippen molar-refractivity contribution in [1.82, 2.24) is 14.8 Å². The van der Waals surface area contributed by atoms with E-state index in [9.17, 15) is 9.59 Å². The lowest BCUT2D eigenvalue weighted by molar-refractivity contribution is -0.123. The molecule has 2 N–H and O–H groups in total. The lowest BCUT2D eigenvalue weighted by atomic mass is 10.2. The fraction of sp³-hybridized carbons (Fsp3) is 0.231. The maximum Gasteiger partial charge on any atom is 0.252 e. The number of carbonyl (C=O) groups excluding carboxylic acids is 2. The molecule has 2 amide bonds. The average molecular weight is 306 g/mol. The number of aromatic nitrogens is 3. The van der Waals surface area contributed by atoms with Crippen LogP contribution in [0.15, 0.2) is 24.3 Å². The van der Waals surface area contributed by atoms with Gasteiger partial charge in [0.25, 0.3) is 5.91 Å². The van der Waals surface area contributed by atoms with E-state index in [1.807, 2.05) is 0 Å². The van der Waals surface area contributed by atoms with Gasteiger partial charge in [-0.1, -0.05) is 11.6 Å². The van der Waals surface area contributed by atoms with Crippen LogP contribution in [-0.4, -0.2) is 26.6 Å². The van der Waals surface area contributed by atoms with Gasteiger partial charge in [0.2, 0.25) is 11.9 Å². The van der Waals surface area contributed by atoms with Crippen LogP contribution in [0.25, 0.3) is 0 Å². The smallest absolute Gasteiger partial charge is 0.252 e. The van der Waals surface area contributed by atoms with Gasteiger partial charge in [-0.05, 0) is 31.2 Å². The molecule has 7 nitrogen and oxygen atoms in total. The van der Waals surface area contributed by atoms with Gasteiger partial charge in [0.15, 0.2) is 0 Å². The second-order valence-electron chi connectivity index (χ2n) is 4.69. The van der Waals surface area contributed by atoms with Crippen molar-refractivity contribution in [2.24, 2.45) is 0 Å². The second-order valence-corrected chi connectivity index (χ2v) is 5.13. The van der Waals surface area contributed by atoms with Crippen LogP contribution in [0.5, 0.6) is 0 Å². The van der Waals surface area contributed by atoms with Gasteiger partial charge in [0.05, 0.1) is 6.42 Å². The number of hydrogen-bond acceptors (Lipinski definition) is 4.